The Labute approximate surface area is 131 Å². The highest BCUT2D eigenvalue weighted by atomic mass is 35.5. The average molecular weight is 320 g/mol. The number of hydrogen-bond donors (Lipinski definition) is 1. The van der Waals surface area contributed by atoms with Crippen LogP contribution < -0.4 is 5.32 Å². The SMILES string of the molecule is CC[C@@H]1NC(=O)N(Cc2cn(-c3ccc(Cl)cc3)nn2)C1=O. The molecule has 0 unspecified atom stereocenters. The summed E-state index contributed by atoms with van der Waals surface area (Å²) in [6.45, 7) is 1.96. The molecular formula is C14H14ClN5O2. The third-order valence-corrected chi connectivity index (χ3v) is 3.72. The van der Waals surface area contributed by atoms with Gasteiger partial charge in [0.1, 0.15) is 11.7 Å². The number of benzene rings is 1. The molecule has 7 nitrogen and oxygen atoms in total. The number of imide groups is 1. The largest absolute Gasteiger partial charge is 0.326 e. The van der Waals surface area contributed by atoms with Gasteiger partial charge in [0.05, 0.1) is 18.4 Å². The molecule has 2 aromatic rings. The number of nitrogens with zero attached hydrogens (tertiary/aromatic N) is 4. The van der Waals surface area contributed by atoms with Gasteiger partial charge in [-0.25, -0.2) is 9.48 Å². The quantitative estimate of drug-likeness (QED) is 0.871. The van der Waals surface area contributed by atoms with Gasteiger partial charge in [-0.3, -0.25) is 9.69 Å². The highest BCUT2D eigenvalue weighted by Crippen LogP contribution is 2.15. The molecule has 1 aliphatic heterocycles. The molecule has 114 valence electrons. The van der Waals surface area contributed by atoms with Crippen LogP contribution in [0.25, 0.3) is 5.69 Å². The lowest BCUT2D eigenvalue weighted by Gasteiger charge is -2.10. The molecule has 3 rings (SSSR count). The summed E-state index contributed by atoms with van der Waals surface area (Å²) in [6.07, 6.45) is 2.25. The van der Waals surface area contributed by atoms with Crippen molar-refractivity contribution in [1.29, 1.82) is 0 Å². The van der Waals surface area contributed by atoms with E-state index in [0.717, 1.165) is 10.6 Å². The minimum absolute atomic E-state index is 0.106. The Morgan fingerprint density at radius 3 is 2.64 bits per heavy atom. The van der Waals surface area contributed by atoms with Crippen LogP contribution in [0.2, 0.25) is 5.02 Å². The summed E-state index contributed by atoms with van der Waals surface area (Å²) in [7, 11) is 0. The molecule has 0 bridgehead atoms. The Morgan fingerprint density at radius 1 is 1.27 bits per heavy atom. The fraction of sp³-hybridized carbons (Fsp3) is 0.286. The van der Waals surface area contributed by atoms with Gasteiger partial charge in [-0.15, -0.1) is 5.10 Å². The van der Waals surface area contributed by atoms with Crippen molar-refractivity contribution in [2.45, 2.75) is 25.9 Å². The first-order valence-corrected chi connectivity index (χ1v) is 7.25. The number of carbonyl (C=O) groups excluding carboxylic acids is 2. The number of urea groups is 1. The molecule has 1 aromatic carbocycles. The third-order valence-electron chi connectivity index (χ3n) is 3.47. The summed E-state index contributed by atoms with van der Waals surface area (Å²) in [5, 5.41) is 11.3. The highest BCUT2D eigenvalue weighted by Gasteiger charge is 2.37. The van der Waals surface area contributed by atoms with E-state index in [-0.39, 0.29) is 12.5 Å². The van der Waals surface area contributed by atoms with Crippen molar-refractivity contribution in [2.75, 3.05) is 0 Å². The molecule has 3 amide bonds. The zero-order chi connectivity index (χ0) is 15.7. The number of aromatic nitrogens is 3. The normalized spacial score (nSPS) is 17.9. The molecule has 1 fully saturated rings. The van der Waals surface area contributed by atoms with Crippen molar-refractivity contribution in [3.05, 3.63) is 41.2 Å². The van der Waals surface area contributed by atoms with Gasteiger partial charge in [-0.2, -0.15) is 0 Å². The van der Waals surface area contributed by atoms with Crippen molar-refractivity contribution in [3.8, 4) is 5.69 Å². The third kappa shape index (κ3) is 2.67. The van der Waals surface area contributed by atoms with E-state index in [1.165, 1.54) is 0 Å². The Hall–Kier alpha value is -2.41. The Balaban J connectivity index is 1.76. The topological polar surface area (TPSA) is 80.1 Å². The van der Waals surface area contributed by atoms with Crippen LogP contribution in [0.5, 0.6) is 0 Å². The van der Waals surface area contributed by atoms with Crippen molar-refractivity contribution >= 4 is 23.5 Å². The van der Waals surface area contributed by atoms with Crippen LogP contribution in [-0.4, -0.2) is 37.9 Å². The minimum atomic E-state index is -0.446. The molecule has 1 aliphatic rings. The number of rotatable bonds is 4. The first-order chi connectivity index (χ1) is 10.6. The fourth-order valence-corrected chi connectivity index (χ4v) is 2.38. The second-order valence-corrected chi connectivity index (χ2v) is 5.40. The Kier molecular flexibility index (Phi) is 3.81. The van der Waals surface area contributed by atoms with Crippen LogP contribution in [0, 0.1) is 0 Å². The van der Waals surface area contributed by atoms with Gasteiger partial charge in [-0.1, -0.05) is 23.7 Å². The molecule has 0 saturated carbocycles. The highest BCUT2D eigenvalue weighted by molar-refractivity contribution is 6.30. The predicted octanol–water partition coefficient (Wildman–Crippen LogP) is 1.75. The lowest BCUT2D eigenvalue weighted by Crippen LogP contribution is -2.30. The molecule has 2 heterocycles. The lowest BCUT2D eigenvalue weighted by atomic mass is 10.2. The van der Waals surface area contributed by atoms with Crippen molar-refractivity contribution in [3.63, 3.8) is 0 Å². The monoisotopic (exact) mass is 319 g/mol. The van der Waals surface area contributed by atoms with E-state index in [0.29, 0.717) is 17.1 Å². The second-order valence-electron chi connectivity index (χ2n) is 4.97. The van der Waals surface area contributed by atoms with Gasteiger partial charge in [-0.05, 0) is 30.7 Å². The maximum Gasteiger partial charge on any atom is 0.325 e. The molecule has 1 N–H and O–H groups in total. The van der Waals surface area contributed by atoms with Gasteiger partial charge < -0.3 is 5.32 Å². The van der Waals surface area contributed by atoms with E-state index in [1.807, 2.05) is 19.1 Å². The van der Waals surface area contributed by atoms with E-state index in [9.17, 15) is 9.59 Å². The van der Waals surface area contributed by atoms with Crippen LogP contribution in [0.1, 0.15) is 19.0 Å². The number of halogens is 1. The van der Waals surface area contributed by atoms with Gasteiger partial charge in [0, 0.05) is 5.02 Å². The standard InChI is InChI=1S/C14H14ClN5O2/c1-2-12-13(21)19(14(22)16-12)7-10-8-20(18-17-10)11-5-3-9(15)4-6-11/h3-6,8,12H,2,7H2,1H3,(H,16,22)/t12-/m0/s1. The number of amides is 3. The van der Waals surface area contributed by atoms with E-state index in [1.54, 1.807) is 23.0 Å². The second kappa shape index (κ2) is 5.76. The Bertz CT molecular complexity index is 712. The van der Waals surface area contributed by atoms with Crippen molar-refractivity contribution < 1.29 is 9.59 Å². The van der Waals surface area contributed by atoms with Crippen LogP contribution in [0.4, 0.5) is 4.79 Å². The summed E-state index contributed by atoms with van der Waals surface area (Å²) < 4.78 is 1.57. The molecule has 0 aliphatic carbocycles. The fourth-order valence-electron chi connectivity index (χ4n) is 2.26. The number of hydrogen-bond acceptors (Lipinski definition) is 4. The van der Waals surface area contributed by atoms with Gasteiger partial charge >= 0.3 is 6.03 Å². The zero-order valence-electron chi connectivity index (χ0n) is 11.9. The minimum Gasteiger partial charge on any atom is -0.326 e. The summed E-state index contributed by atoms with van der Waals surface area (Å²) in [5.41, 5.74) is 1.34. The predicted molar refractivity (Wildman–Crippen MR) is 79.5 cm³/mol. The van der Waals surface area contributed by atoms with E-state index >= 15 is 0 Å². The van der Waals surface area contributed by atoms with Crippen LogP contribution in [0.3, 0.4) is 0 Å². The lowest BCUT2D eigenvalue weighted by molar-refractivity contribution is -0.127. The number of carbonyl (C=O) groups is 2. The zero-order valence-corrected chi connectivity index (χ0v) is 12.6. The molecule has 8 heteroatoms. The Morgan fingerprint density at radius 2 is 2.00 bits per heavy atom. The van der Waals surface area contributed by atoms with Gasteiger partial charge in [0.2, 0.25) is 0 Å². The van der Waals surface area contributed by atoms with Gasteiger partial charge in [0.25, 0.3) is 5.91 Å². The molecule has 1 aromatic heterocycles. The molecule has 0 spiro atoms. The molecule has 1 saturated heterocycles. The van der Waals surface area contributed by atoms with E-state index < -0.39 is 12.1 Å². The first kappa shape index (κ1) is 14.5. The van der Waals surface area contributed by atoms with E-state index in [4.69, 9.17) is 11.6 Å². The summed E-state index contributed by atoms with van der Waals surface area (Å²) >= 11 is 5.84. The van der Waals surface area contributed by atoms with Crippen LogP contribution >= 0.6 is 11.6 Å². The molecule has 0 radical (unpaired) electrons. The molecule has 22 heavy (non-hydrogen) atoms. The van der Waals surface area contributed by atoms with E-state index in [2.05, 4.69) is 15.6 Å². The van der Waals surface area contributed by atoms with Gasteiger partial charge in [0.15, 0.2) is 0 Å². The maximum absolute atomic E-state index is 12.0. The summed E-state index contributed by atoms with van der Waals surface area (Å²) in [4.78, 5) is 25.0. The maximum atomic E-state index is 12.0. The van der Waals surface area contributed by atoms with Crippen LogP contribution in [0.15, 0.2) is 30.5 Å². The molecule has 1 atom stereocenters. The molecular weight excluding hydrogens is 306 g/mol. The average Bonchev–Trinajstić information content (AvgIpc) is 3.08. The first-order valence-electron chi connectivity index (χ1n) is 6.87. The summed E-state index contributed by atoms with van der Waals surface area (Å²) in [6, 6.07) is 6.28. The number of nitrogens with one attached hydrogen (secondary N) is 1. The van der Waals surface area contributed by atoms with Crippen molar-refractivity contribution in [1.82, 2.24) is 25.2 Å². The van der Waals surface area contributed by atoms with Crippen LogP contribution in [-0.2, 0) is 11.3 Å². The summed E-state index contributed by atoms with van der Waals surface area (Å²) in [5.74, 6) is -0.228. The smallest absolute Gasteiger partial charge is 0.325 e. The van der Waals surface area contributed by atoms with Crippen molar-refractivity contribution in [2.24, 2.45) is 0 Å².